The van der Waals surface area contributed by atoms with E-state index in [-0.39, 0.29) is 18.4 Å². The lowest BCUT2D eigenvalue weighted by Gasteiger charge is -2.33. The lowest BCUT2D eigenvalue weighted by molar-refractivity contribution is -0.117. The van der Waals surface area contributed by atoms with Crippen LogP contribution in [-0.2, 0) is 16.1 Å². The predicted molar refractivity (Wildman–Crippen MR) is 111 cm³/mol. The molecule has 0 unspecified atom stereocenters. The molecule has 9 heteroatoms. The molecule has 29 heavy (non-hydrogen) atoms. The molecule has 0 radical (unpaired) electrons. The molecular weight excluding hydrogens is 390 g/mol. The summed E-state index contributed by atoms with van der Waals surface area (Å²) >= 11 is 1.58. The number of anilines is 2. The maximum atomic E-state index is 12.7. The van der Waals surface area contributed by atoms with Crippen molar-refractivity contribution in [2.24, 2.45) is 5.92 Å². The number of carbonyl (C=O) groups is 2. The second kappa shape index (κ2) is 8.46. The molecule has 1 fully saturated rings. The Hall–Kier alpha value is -2.52. The molecule has 1 saturated heterocycles. The van der Waals surface area contributed by atoms with Crippen LogP contribution in [0.25, 0.3) is 0 Å². The quantitative estimate of drug-likeness (QED) is 0.778. The van der Waals surface area contributed by atoms with Crippen molar-refractivity contribution in [3.8, 4) is 0 Å². The number of amides is 2. The molecule has 4 rings (SSSR count). The van der Waals surface area contributed by atoms with Gasteiger partial charge in [0.25, 0.3) is 5.91 Å². The first-order chi connectivity index (χ1) is 14.0. The van der Waals surface area contributed by atoms with Gasteiger partial charge in [0, 0.05) is 30.8 Å². The number of aromatic nitrogens is 2. The second-order valence-electron chi connectivity index (χ2n) is 7.44. The summed E-state index contributed by atoms with van der Waals surface area (Å²) in [6.45, 7) is 6.66. The lowest BCUT2D eigenvalue weighted by Crippen LogP contribution is -2.44. The maximum Gasteiger partial charge on any atom is 0.253 e. The maximum absolute atomic E-state index is 12.7. The van der Waals surface area contributed by atoms with Gasteiger partial charge in [-0.3, -0.25) is 9.59 Å². The first-order valence-corrected chi connectivity index (χ1v) is 10.7. The smallest absolute Gasteiger partial charge is 0.253 e. The normalized spacial score (nSPS) is 17.0. The first kappa shape index (κ1) is 19.8. The zero-order valence-electron chi connectivity index (χ0n) is 16.7. The van der Waals surface area contributed by atoms with E-state index in [4.69, 9.17) is 4.74 Å². The number of nitrogens with zero attached hydrogens (tertiary/aromatic N) is 3. The summed E-state index contributed by atoms with van der Waals surface area (Å²) in [5, 5.41) is 6.82. The summed E-state index contributed by atoms with van der Waals surface area (Å²) in [6, 6.07) is 1.75. The summed E-state index contributed by atoms with van der Waals surface area (Å²) < 4.78 is 5.42. The third-order valence-corrected chi connectivity index (χ3v) is 6.46. The molecular formula is C20H25N5O3S. The number of ether oxygens (including phenoxy) is 1. The van der Waals surface area contributed by atoms with Crippen LogP contribution < -0.4 is 15.5 Å². The van der Waals surface area contributed by atoms with Gasteiger partial charge in [-0.25, -0.2) is 9.97 Å². The molecule has 2 aromatic heterocycles. The van der Waals surface area contributed by atoms with Gasteiger partial charge in [-0.1, -0.05) is 0 Å². The number of carbonyl (C=O) groups excluding carboxylic acids is 2. The fourth-order valence-corrected chi connectivity index (χ4v) is 4.44. The number of hydrogen-bond acceptors (Lipinski definition) is 7. The van der Waals surface area contributed by atoms with Gasteiger partial charge in [0.15, 0.2) is 0 Å². The standard InChI is InChI=1S/C20H25N5O3S/c1-12-13(2)29-17(24-12)9-23-20(27)15-7-16-19(21-8-15)22-10-18(26)25(16)11-14-3-5-28-6-4-14/h7-8,14H,3-6,9-11H2,1-2H3,(H,21,22)(H,23,27). The number of hydrogen-bond donors (Lipinski definition) is 2. The van der Waals surface area contributed by atoms with E-state index in [1.165, 1.54) is 0 Å². The van der Waals surface area contributed by atoms with Crippen LogP contribution in [-0.4, -0.2) is 48.1 Å². The Morgan fingerprint density at radius 2 is 2.17 bits per heavy atom. The molecule has 2 aromatic rings. The van der Waals surface area contributed by atoms with Gasteiger partial charge < -0.3 is 20.3 Å². The van der Waals surface area contributed by atoms with E-state index in [0.717, 1.165) is 41.6 Å². The molecule has 0 bridgehead atoms. The van der Waals surface area contributed by atoms with Crippen molar-refractivity contribution in [1.29, 1.82) is 0 Å². The molecule has 8 nitrogen and oxygen atoms in total. The van der Waals surface area contributed by atoms with Gasteiger partial charge in [-0.2, -0.15) is 0 Å². The van der Waals surface area contributed by atoms with Crippen LogP contribution in [0.5, 0.6) is 0 Å². The molecule has 154 valence electrons. The second-order valence-corrected chi connectivity index (χ2v) is 8.72. The van der Waals surface area contributed by atoms with Crippen molar-refractivity contribution in [3.63, 3.8) is 0 Å². The molecule has 2 aliphatic heterocycles. The van der Waals surface area contributed by atoms with Crippen LogP contribution in [0.4, 0.5) is 11.5 Å². The summed E-state index contributed by atoms with van der Waals surface area (Å²) in [4.78, 5) is 37.0. The van der Waals surface area contributed by atoms with Crippen LogP contribution in [0.15, 0.2) is 12.3 Å². The molecule has 0 spiro atoms. The Morgan fingerprint density at radius 3 is 2.90 bits per heavy atom. The highest BCUT2D eigenvalue weighted by Gasteiger charge is 2.29. The molecule has 0 saturated carbocycles. The van der Waals surface area contributed by atoms with Crippen molar-refractivity contribution in [2.75, 3.05) is 36.5 Å². The minimum absolute atomic E-state index is 0.00270. The number of nitrogens with one attached hydrogen (secondary N) is 2. The largest absolute Gasteiger partial charge is 0.381 e. The number of rotatable bonds is 5. The third-order valence-electron chi connectivity index (χ3n) is 5.38. The Morgan fingerprint density at radius 1 is 1.38 bits per heavy atom. The van der Waals surface area contributed by atoms with Gasteiger partial charge in [0.1, 0.15) is 10.8 Å². The van der Waals surface area contributed by atoms with Gasteiger partial charge in [-0.05, 0) is 38.7 Å². The number of pyridine rings is 1. The Balaban J connectivity index is 1.49. The predicted octanol–water partition coefficient (Wildman–Crippen LogP) is 2.27. The monoisotopic (exact) mass is 415 g/mol. The summed E-state index contributed by atoms with van der Waals surface area (Å²) in [7, 11) is 0. The highest BCUT2D eigenvalue weighted by Crippen LogP contribution is 2.30. The number of thiazole rings is 1. The fraction of sp³-hybridized carbons (Fsp3) is 0.500. The van der Waals surface area contributed by atoms with Gasteiger partial charge in [0.05, 0.1) is 30.0 Å². The Labute approximate surface area is 173 Å². The highest BCUT2D eigenvalue weighted by atomic mass is 32.1. The van der Waals surface area contributed by atoms with E-state index >= 15 is 0 Å². The zero-order chi connectivity index (χ0) is 20.4. The number of aryl methyl sites for hydroxylation is 2. The van der Waals surface area contributed by atoms with Crippen LogP contribution >= 0.6 is 11.3 Å². The third kappa shape index (κ3) is 4.40. The average Bonchev–Trinajstić information content (AvgIpc) is 3.06. The van der Waals surface area contributed by atoms with Gasteiger partial charge >= 0.3 is 0 Å². The van der Waals surface area contributed by atoms with E-state index in [1.807, 2.05) is 13.8 Å². The van der Waals surface area contributed by atoms with E-state index in [2.05, 4.69) is 20.6 Å². The van der Waals surface area contributed by atoms with E-state index in [1.54, 1.807) is 28.5 Å². The summed E-state index contributed by atoms with van der Waals surface area (Å²) in [6.07, 6.45) is 3.42. The van der Waals surface area contributed by atoms with Crippen LogP contribution in [0, 0.1) is 19.8 Å². The lowest BCUT2D eigenvalue weighted by atomic mass is 9.99. The molecule has 2 N–H and O–H groups in total. The van der Waals surface area contributed by atoms with E-state index < -0.39 is 0 Å². The number of fused-ring (bicyclic) bond motifs is 1. The average molecular weight is 416 g/mol. The molecule has 0 aromatic carbocycles. The van der Waals surface area contributed by atoms with Crippen molar-refractivity contribution < 1.29 is 14.3 Å². The molecule has 0 aliphatic carbocycles. The van der Waals surface area contributed by atoms with Crippen molar-refractivity contribution in [3.05, 3.63) is 33.4 Å². The molecule has 2 amide bonds. The topological polar surface area (TPSA) is 96.5 Å². The SMILES string of the molecule is Cc1nc(CNC(=O)c2cnc3c(c2)N(CC2CCOCC2)C(=O)CN3)sc1C. The first-order valence-electron chi connectivity index (χ1n) is 9.84. The Bertz CT molecular complexity index is 903. The summed E-state index contributed by atoms with van der Waals surface area (Å²) in [5.41, 5.74) is 2.09. The van der Waals surface area contributed by atoms with Crippen LogP contribution in [0.3, 0.4) is 0 Å². The van der Waals surface area contributed by atoms with Crippen molar-refractivity contribution >= 4 is 34.7 Å². The van der Waals surface area contributed by atoms with E-state index in [0.29, 0.717) is 36.1 Å². The van der Waals surface area contributed by atoms with Crippen molar-refractivity contribution in [1.82, 2.24) is 15.3 Å². The minimum atomic E-state index is -0.227. The van der Waals surface area contributed by atoms with Crippen LogP contribution in [0.2, 0.25) is 0 Å². The van der Waals surface area contributed by atoms with Gasteiger partial charge in [0.2, 0.25) is 5.91 Å². The van der Waals surface area contributed by atoms with Crippen LogP contribution in [0.1, 0.15) is 38.8 Å². The molecule has 4 heterocycles. The van der Waals surface area contributed by atoms with E-state index in [9.17, 15) is 9.59 Å². The van der Waals surface area contributed by atoms with Gasteiger partial charge in [-0.15, -0.1) is 11.3 Å². The summed E-state index contributed by atoms with van der Waals surface area (Å²) in [5.74, 6) is 0.804. The molecule has 0 atom stereocenters. The highest BCUT2D eigenvalue weighted by molar-refractivity contribution is 7.11. The van der Waals surface area contributed by atoms with Crippen molar-refractivity contribution in [2.45, 2.75) is 33.2 Å². The minimum Gasteiger partial charge on any atom is -0.381 e. The molecule has 2 aliphatic rings. The Kier molecular flexibility index (Phi) is 5.77. The fourth-order valence-electron chi connectivity index (χ4n) is 3.57. The zero-order valence-corrected chi connectivity index (χ0v) is 17.5.